The van der Waals surface area contributed by atoms with Crippen LogP contribution in [-0.4, -0.2) is 30.8 Å². The summed E-state index contributed by atoms with van der Waals surface area (Å²) in [6.45, 7) is 0.315. The van der Waals surface area contributed by atoms with Crippen molar-refractivity contribution in [3.05, 3.63) is 59.4 Å². The summed E-state index contributed by atoms with van der Waals surface area (Å²) in [7, 11) is 3.17. The van der Waals surface area contributed by atoms with Gasteiger partial charge in [-0.15, -0.1) is 0 Å². The SMILES string of the molecule is COc1ccc(C2=NN(Cc3ccc(F)cc3)C(=O)CCC2)cc1OC. The van der Waals surface area contributed by atoms with Gasteiger partial charge in [-0.25, -0.2) is 9.40 Å². The molecular formula is C20H21FN2O3. The van der Waals surface area contributed by atoms with E-state index in [4.69, 9.17) is 9.47 Å². The Kier molecular flexibility index (Phi) is 5.51. The summed E-state index contributed by atoms with van der Waals surface area (Å²) in [5.74, 6) is 0.924. The van der Waals surface area contributed by atoms with Gasteiger partial charge in [0, 0.05) is 12.0 Å². The molecule has 136 valence electrons. The number of methoxy groups -OCH3 is 2. The zero-order valence-electron chi connectivity index (χ0n) is 14.9. The third-order valence-corrected chi connectivity index (χ3v) is 4.30. The Balaban J connectivity index is 1.90. The molecule has 26 heavy (non-hydrogen) atoms. The van der Waals surface area contributed by atoms with Gasteiger partial charge in [0.2, 0.25) is 5.91 Å². The number of hydrogen-bond donors (Lipinski definition) is 0. The number of amides is 1. The predicted molar refractivity (Wildman–Crippen MR) is 96.9 cm³/mol. The summed E-state index contributed by atoms with van der Waals surface area (Å²) in [6, 6.07) is 11.7. The van der Waals surface area contributed by atoms with Gasteiger partial charge < -0.3 is 9.47 Å². The molecule has 0 N–H and O–H groups in total. The van der Waals surface area contributed by atoms with Gasteiger partial charge in [-0.1, -0.05) is 12.1 Å². The molecule has 0 saturated carbocycles. The van der Waals surface area contributed by atoms with Crippen LogP contribution in [0, 0.1) is 5.82 Å². The van der Waals surface area contributed by atoms with E-state index < -0.39 is 0 Å². The molecule has 0 fully saturated rings. The zero-order chi connectivity index (χ0) is 18.5. The number of hydrogen-bond acceptors (Lipinski definition) is 4. The molecule has 0 radical (unpaired) electrons. The number of carbonyl (C=O) groups excluding carboxylic acids is 1. The normalized spacial score (nSPS) is 14.7. The lowest BCUT2D eigenvalue weighted by Gasteiger charge is -2.17. The monoisotopic (exact) mass is 356 g/mol. The first-order valence-corrected chi connectivity index (χ1v) is 8.45. The van der Waals surface area contributed by atoms with Gasteiger partial charge >= 0.3 is 0 Å². The van der Waals surface area contributed by atoms with Crippen molar-refractivity contribution in [1.82, 2.24) is 5.01 Å². The highest BCUT2D eigenvalue weighted by atomic mass is 19.1. The molecule has 1 aliphatic rings. The Bertz CT molecular complexity index is 818. The van der Waals surface area contributed by atoms with Crippen molar-refractivity contribution in [3.63, 3.8) is 0 Å². The number of hydrazone groups is 1. The fraction of sp³-hybridized carbons (Fsp3) is 0.300. The van der Waals surface area contributed by atoms with E-state index in [9.17, 15) is 9.18 Å². The van der Waals surface area contributed by atoms with Crippen LogP contribution in [0.3, 0.4) is 0 Å². The lowest BCUT2D eigenvalue weighted by atomic mass is 10.0. The third-order valence-electron chi connectivity index (χ3n) is 4.30. The standard InChI is InChI=1S/C20H21FN2O3/c1-25-18-11-8-15(12-19(18)26-2)17-4-3-5-20(24)23(22-17)13-14-6-9-16(21)10-7-14/h6-12H,3-5,13H2,1-2H3. The van der Waals surface area contributed by atoms with Crippen LogP contribution in [-0.2, 0) is 11.3 Å². The summed E-state index contributed by atoms with van der Waals surface area (Å²) in [5.41, 5.74) is 2.54. The number of ether oxygens (including phenoxy) is 2. The fourth-order valence-corrected chi connectivity index (χ4v) is 2.89. The Hall–Kier alpha value is -2.89. The number of rotatable bonds is 5. The second-order valence-corrected chi connectivity index (χ2v) is 6.05. The largest absolute Gasteiger partial charge is 0.493 e. The summed E-state index contributed by atoms with van der Waals surface area (Å²) >= 11 is 0. The molecule has 6 heteroatoms. The minimum Gasteiger partial charge on any atom is -0.493 e. The molecule has 0 unspecified atom stereocenters. The highest BCUT2D eigenvalue weighted by Crippen LogP contribution is 2.29. The molecule has 1 heterocycles. The molecule has 0 saturated heterocycles. The maximum absolute atomic E-state index is 13.1. The van der Waals surface area contributed by atoms with E-state index in [2.05, 4.69) is 5.10 Å². The molecule has 5 nitrogen and oxygen atoms in total. The predicted octanol–water partition coefficient (Wildman–Crippen LogP) is 3.76. The summed E-state index contributed by atoms with van der Waals surface area (Å²) < 4.78 is 23.7. The molecule has 0 atom stereocenters. The van der Waals surface area contributed by atoms with Crippen LogP contribution in [0.15, 0.2) is 47.6 Å². The summed E-state index contributed by atoms with van der Waals surface area (Å²) in [4.78, 5) is 12.4. The van der Waals surface area contributed by atoms with E-state index in [0.717, 1.165) is 23.3 Å². The fourth-order valence-electron chi connectivity index (χ4n) is 2.89. The van der Waals surface area contributed by atoms with Gasteiger partial charge in [-0.3, -0.25) is 4.79 Å². The average Bonchev–Trinajstić information content (AvgIpc) is 2.84. The van der Waals surface area contributed by atoms with Crippen molar-refractivity contribution in [2.45, 2.75) is 25.8 Å². The summed E-state index contributed by atoms with van der Waals surface area (Å²) in [5, 5.41) is 6.05. The van der Waals surface area contributed by atoms with E-state index in [0.29, 0.717) is 30.9 Å². The lowest BCUT2D eigenvalue weighted by molar-refractivity contribution is -0.131. The first kappa shape index (κ1) is 17.9. The smallest absolute Gasteiger partial charge is 0.242 e. The van der Waals surface area contributed by atoms with Crippen LogP contribution in [0.25, 0.3) is 0 Å². The molecule has 0 aliphatic carbocycles. The quantitative estimate of drug-likeness (QED) is 0.820. The molecule has 1 aliphatic heterocycles. The number of nitrogens with zero attached hydrogens (tertiary/aromatic N) is 2. The Morgan fingerprint density at radius 1 is 1.04 bits per heavy atom. The van der Waals surface area contributed by atoms with Crippen molar-refractivity contribution in [3.8, 4) is 11.5 Å². The molecule has 3 rings (SSSR count). The molecule has 2 aromatic carbocycles. The molecule has 2 aromatic rings. The van der Waals surface area contributed by atoms with Gasteiger partial charge in [0.15, 0.2) is 11.5 Å². The second-order valence-electron chi connectivity index (χ2n) is 6.05. The van der Waals surface area contributed by atoms with Crippen LogP contribution in [0.1, 0.15) is 30.4 Å². The zero-order valence-corrected chi connectivity index (χ0v) is 14.9. The molecule has 0 bridgehead atoms. The van der Waals surface area contributed by atoms with E-state index >= 15 is 0 Å². The maximum atomic E-state index is 13.1. The second kappa shape index (κ2) is 7.99. The average molecular weight is 356 g/mol. The number of benzene rings is 2. The van der Waals surface area contributed by atoms with Crippen LogP contribution in [0.4, 0.5) is 4.39 Å². The van der Waals surface area contributed by atoms with E-state index in [-0.39, 0.29) is 11.7 Å². The van der Waals surface area contributed by atoms with Crippen molar-refractivity contribution in [1.29, 1.82) is 0 Å². The topological polar surface area (TPSA) is 51.1 Å². The number of carbonyl (C=O) groups is 1. The van der Waals surface area contributed by atoms with Crippen LogP contribution in [0.5, 0.6) is 11.5 Å². The van der Waals surface area contributed by atoms with Gasteiger partial charge in [-0.2, -0.15) is 5.10 Å². The first-order chi connectivity index (χ1) is 12.6. The van der Waals surface area contributed by atoms with Crippen molar-refractivity contribution < 1.29 is 18.7 Å². The Labute approximate surface area is 152 Å². The van der Waals surface area contributed by atoms with Crippen LogP contribution in [0.2, 0.25) is 0 Å². The highest BCUT2D eigenvalue weighted by Gasteiger charge is 2.20. The van der Waals surface area contributed by atoms with Gasteiger partial charge in [0.1, 0.15) is 5.82 Å². The molecule has 0 spiro atoms. The van der Waals surface area contributed by atoms with Gasteiger partial charge in [-0.05, 0) is 48.7 Å². The lowest BCUT2D eigenvalue weighted by Crippen LogP contribution is -2.24. The van der Waals surface area contributed by atoms with E-state index in [1.54, 1.807) is 26.4 Å². The molecule has 1 amide bonds. The number of halogens is 1. The van der Waals surface area contributed by atoms with Crippen molar-refractivity contribution in [2.75, 3.05) is 14.2 Å². The van der Waals surface area contributed by atoms with Gasteiger partial charge in [0.25, 0.3) is 0 Å². The van der Waals surface area contributed by atoms with Crippen molar-refractivity contribution >= 4 is 11.6 Å². The molecule has 0 aromatic heterocycles. The van der Waals surface area contributed by atoms with Gasteiger partial charge in [0.05, 0.1) is 26.5 Å². The maximum Gasteiger partial charge on any atom is 0.242 e. The van der Waals surface area contributed by atoms with E-state index in [1.165, 1.54) is 17.1 Å². The third kappa shape index (κ3) is 4.02. The highest BCUT2D eigenvalue weighted by molar-refractivity contribution is 6.02. The minimum atomic E-state index is -0.300. The summed E-state index contributed by atoms with van der Waals surface area (Å²) in [6.07, 6.45) is 1.86. The van der Waals surface area contributed by atoms with Crippen LogP contribution < -0.4 is 9.47 Å². The first-order valence-electron chi connectivity index (χ1n) is 8.45. The minimum absolute atomic E-state index is 0.0372. The van der Waals surface area contributed by atoms with E-state index in [1.807, 2.05) is 18.2 Å². The van der Waals surface area contributed by atoms with Crippen LogP contribution >= 0.6 is 0 Å². The molecular weight excluding hydrogens is 335 g/mol. The van der Waals surface area contributed by atoms with Crippen molar-refractivity contribution in [2.24, 2.45) is 5.10 Å². The Morgan fingerprint density at radius 2 is 1.77 bits per heavy atom. The Morgan fingerprint density at radius 3 is 2.46 bits per heavy atom.